The van der Waals surface area contributed by atoms with Gasteiger partial charge in [-0.1, -0.05) is 31.5 Å². The van der Waals surface area contributed by atoms with Crippen molar-refractivity contribution in [2.24, 2.45) is 5.73 Å². The van der Waals surface area contributed by atoms with E-state index in [0.29, 0.717) is 19.5 Å². The smallest absolute Gasteiger partial charge is 0.253 e. The number of carbonyl (C=O) groups excluding carboxylic acids is 2. The first kappa shape index (κ1) is 16.5. The van der Waals surface area contributed by atoms with Gasteiger partial charge in [-0.05, 0) is 31.4 Å². The molecule has 1 aliphatic rings. The maximum atomic E-state index is 12.3. The second-order valence-electron chi connectivity index (χ2n) is 5.84. The number of carbonyl (C=O) groups is 2. The second kappa shape index (κ2) is 7.94. The number of rotatable bonds is 5. The standard InChI is InChI=1S/C17H25N3O2/c1-2-6-15(18)16(21)19-14-9-11-20(12-10-14)17(22)13-7-4-3-5-8-13/h3-5,7-8,14-15H,2,6,9-12,18H2,1H3,(H,19,21). The molecule has 1 aliphatic heterocycles. The van der Waals surface area contributed by atoms with E-state index < -0.39 is 6.04 Å². The molecule has 22 heavy (non-hydrogen) atoms. The molecule has 0 bridgehead atoms. The van der Waals surface area contributed by atoms with Crippen LogP contribution in [0.2, 0.25) is 0 Å². The Hall–Kier alpha value is -1.88. The Morgan fingerprint density at radius 1 is 1.27 bits per heavy atom. The zero-order valence-corrected chi connectivity index (χ0v) is 13.1. The van der Waals surface area contributed by atoms with Gasteiger partial charge in [0.2, 0.25) is 5.91 Å². The molecule has 0 radical (unpaired) electrons. The van der Waals surface area contributed by atoms with Crippen molar-refractivity contribution in [3.63, 3.8) is 0 Å². The molecule has 0 aromatic heterocycles. The summed E-state index contributed by atoms with van der Waals surface area (Å²) in [4.78, 5) is 26.1. The fourth-order valence-corrected chi connectivity index (χ4v) is 2.74. The number of nitrogens with two attached hydrogens (primary N) is 1. The van der Waals surface area contributed by atoms with Gasteiger partial charge in [0.15, 0.2) is 0 Å². The quantitative estimate of drug-likeness (QED) is 0.866. The van der Waals surface area contributed by atoms with Crippen molar-refractivity contribution in [2.75, 3.05) is 13.1 Å². The van der Waals surface area contributed by atoms with Crippen molar-refractivity contribution in [3.8, 4) is 0 Å². The predicted molar refractivity (Wildman–Crippen MR) is 86.4 cm³/mol. The molecule has 0 saturated carbocycles. The van der Waals surface area contributed by atoms with Crippen LogP contribution in [-0.4, -0.2) is 41.9 Å². The van der Waals surface area contributed by atoms with Crippen LogP contribution in [0.15, 0.2) is 30.3 Å². The van der Waals surface area contributed by atoms with Crippen molar-refractivity contribution in [3.05, 3.63) is 35.9 Å². The van der Waals surface area contributed by atoms with Gasteiger partial charge in [0.05, 0.1) is 6.04 Å². The molecule has 120 valence electrons. The summed E-state index contributed by atoms with van der Waals surface area (Å²) in [6.45, 7) is 3.35. The van der Waals surface area contributed by atoms with Crippen LogP contribution < -0.4 is 11.1 Å². The van der Waals surface area contributed by atoms with E-state index in [9.17, 15) is 9.59 Å². The number of hydrogen-bond donors (Lipinski definition) is 2. The highest BCUT2D eigenvalue weighted by Gasteiger charge is 2.25. The Bertz CT molecular complexity index is 496. The molecule has 1 heterocycles. The Labute approximate surface area is 131 Å². The van der Waals surface area contributed by atoms with Gasteiger partial charge in [0, 0.05) is 24.7 Å². The number of piperidine rings is 1. The third-order valence-corrected chi connectivity index (χ3v) is 4.09. The summed E-state index contributed by atoms with van der Waals surface area (Å²) in [5.74, 6) is -0.0113. The normalized spacial score (nSPS) is 17.1. The lowest BCUT2D eigenvalue weighted by molar-refractivity contribution is -0.123. The van der Waals surface area contributed by atoms with Crippen molar-refractivity contribution in [1.29, 1.82) is 0 Å². The molecule has 1 unspecified atom stereocenters. The lowest BCUT2D eigenvalue weighted by Crippen LogP contribution is -2.50. The molecule has 1 aromatic rings. The number of likely N-dealkylation sites (tertiary alicyclic amines) is 1. The van der Waals surface area contributed by atoms with Gasteiger partial charge < -0.3 is 16.0 Å². The fourth-order valence-electron chi connectivity index (χ4n) is 2.74. The Kier molecular flexibility index (Phi) is 5.95. The molecule has 0 spiro atoms. The molecule has 2 amide bonds. The van der Waals surface area contributed by atoms with E-state index in [1.54, 1.807) is 0 Å². The molecular weight excluding hydrogens is 278 g/mol. The summed E-state index contributed by atoms with van der Waals surface area (Å²) in [6, 6.07) is 9.01. The number of amides is 2. The zero-order chi connectivity index (χ0) is 15.9. The van der Waals surface area contributed by atoms with E-state index in [2.05, 4.69) is 5.32 Å². The van der Waals surface area contributed by atoms with Crippen LogP contribution in [0.4, 0.5) is 0 Å². The van der Waals surface area contributed by atoms with Gasteiger partial charge in [-0.3, -0.25) is 9.59 Å². The fraction of sp³-hybridized carbons (Fsp3) is 0.529. The molecule has 0 aliphatic carbocycles. The molecule has 3 N–H and O–H groups in total. The van der Waals surface area contributed by atoms with Crippen molar-refractivity contribution >= 4 is 11.8 Å². The summed E-state index contributed by atoms with van der Waals surface area (Å²) in [6.07, 6.45) is 3.17. The topological polar surface area (TPSA) is 75.4 Å². The minimum absolute atomic E-state index is 0.0630. The Balaban J connectivity index is 1.81. The van der Waals surface area contributed by atoms with Crippen LogP contribution in [0, 0.1) is 0 Å². The van der Waals surface area contributed by atoms with Crippen LogP contribution in [0.5, 0.6) is 0 Å². The first-order chi connectivity index (χ1) is 10.6. The Morgan fingerprint density at radius 3 is 2.50 bits per heavy atom. The van der Waals surface area contributed by atoms with Crippen LogP contribution in [-0.2, 0) is 4.79 Å². The van der Waals surface area contributed by atoms with E-state index in [1.165, 1.54) is 0 Å². The highest BCUT2D eigenvalue weighted by Crippen LogP contribution is 2.14. The summed E-state index contributed by atoms with van der Waals surface area (Å²) in [7, 11) is 0. The lowest BCUT2D eigenvalue weighted by atomic mass is 10.0. The molecule has 1 fully saturated rings. The maximum Gasteiger partial charge on any atom is 0.253 e. The van der Waals surface area contributed by atoms with Crippen LogP contribution >= 0.6 is 0 Å². The highest BCUT2D eigenvalue weighted by molar-refractivity contribution is 5.94. The largest absolute Gasteiger partial charge is 0.352 e. The zero-order valence-electron chi connectivity index (χ0n) is 13.1. The van der Waals surface area contributed by atoms with E-state index in [1.807, 2.05) is 42.2 Å². The Morgan fingerprint density at radius 2 is 1.91 bits per heavy atom. The first-order valence-corrected chi connectivity index (χ1v) is 8.02. The van der Waals surface area contributed by atoms with E-state index in [0.717, 1.165) is 24.8 Å². The van der Waals surface area contributed by atoms with Crippen molar-refractivity contribution < 1.29 is 9.59 Å². The van der Waals surface area contributed by atoms with Gasteiger partial charge in [-0.15, -0.1) is 0 Å². The number of benzene rings is 1. The van der Waals surface area contributed by atoms with Crippen LogP contribution in [0.3, 0.4) is 0 Å². The maximum absolute atomic E-state index is 12.3. The van der Waals surface area contributed by atoms with Gasteiger partial charge >= 0.3 is 0 Å². The predicted octanol–water partition coefficient (Wildman–Crippen LogP) is 1.53. The van der Waals surface area contributed by atoms with E-state index >= 15 is 0 Å². The van der Waals surface area contributed by atoms with Gasteiger partial charge in [-0.25, -0.2) is 0 Å². The number of nitrogens with one attached hydrogen (secondary N) is 1. The average molecular weight is 303 g/mol. The molecular formula is C17H25N3O2. The van der Waals surface area contributed by atoms with E-state index in [-0.39, 0.29) is 17.9 Å². The molecule has 1 saturated heterocycles. The third-order valence-electron chi connectivity index (χ3n) is 4.09. The molecule has 1 aromatic carbocycles. The lowest BCUT2D eigenvalue weighted by Gasteiger charge is -2.33. The van der Waals surface area contributed by atoms with Gasteiger partial charge in [-0.2, -0.15) is 0 Å². The molecule has 5 heteroatoms. The summed E-state index contributed by atoms with van der Waals surface area (Å²) in [5.41, 5.74) is 6.54. The SMILES string of the molecule is CCCC(N)C(=O)NC1CCN(C(=O)c2ccccc2)CC1. The van der Waals surface area contributed by atoms with Crippen LogP contribution in [0.1, 0.15) is 43.0 Å². The first-order valence-electron chi connectivity index (χ1n) is 8.02. The minimum Gasteiger partial charge on any atom is -0.352 e. The highest BCUT2D eigenvalue weighted by atomic mass is 16.2. The average Bonchev–Trinajstić information content (AvgIpc) is 2.56. The number of hydrogen-bond acceptors (Lipinski definition) is 3. The molecule has 2 rings (SSSR count). The third kappa shape index (κ3) is 4.31. The minimum atomic E-state index is -0.422. The molecule has 1 atom stereocenters. The second-order valence-corrected chi connectivity index (χ2v) is 5.84. The molecule has 5 nitrogen and oxygen atoms in total. The van der Waals surface area contributed by atoms with Crippen molar-refractivity contribution in [1.82, 2.24) is 10.2 Å². The van der Waals surface area contributed by atoms with E-state index in [4.69, 9.17) is 5.73 Å². The summed E-state index contributed by atoms with van der Waals surface area (Å²) in [5, 5.41) is 3.00. The number of nitrogens with zero attached hydrogens (tertiary/aromatic N) is 1. The summed E-state index contributed by atoms with van der Waals surface area (Å²) < 4.78 is 0. The van der Waals surface area contributed by atoms with Gasteiger partial charge in [0.25, 0.3) is 5.91 Å². The van der Waals surface area contributed by atoms with Gasteiger partial charge in [0.1, 0.15) is 0 Å². The van der Waals surface area contributed by atoms with Crippen LogP contribution in [0.25, 0.3) is 0 Å². The monoisotopic (exact) mass is 303 g/mol. The summed E-state index contributed by atoms with van der Waals surface area (Å²) >= 11 is 0. The van der Waals surface area contributed by atoms with Crippen molar-refractivity contribution in [2.45, 2.75) is 44.7 Å².